The third-order valence-corrected chi connectivity index (χ3v) is 3.68. The summed E-state index contributed by atoms with van der Waals surface area (Å²) < 4.78 is 11.0. The minimum Gasteiger partial charge on any atom is -0.464 e. The number of fused-ring (bicyclic) bond motifs is 2. The average Bonchev–Trinajstić information content (AvgIpc) is 2.79. The van der Waals surface area contributed by atoms with E-state index in [4.69, 9.17) is 14.6 Å². The molecule has 0 amide bonds. The second-order valence-corrected chi connectivity index (χ2v) is 4.87. The van der Waals surface area contributed by atoms with Crippen molar-refractivity contribution < 1.29 is 8.83 Å². The lowest BCUT2D eigenvalue weighted by molar-refractivity contribution is 0.554. The Balaban J connectivity index is 0.00000147. The summed E-state index contributed by atoms with van der Waals surface area (Å²) in [5.74, 6) is 0. The van der Waals surface area contributed by atoms with Crippen LogP contribution in [0.3, 0.4) is 0 Å². The minimum absolute atomic E-state index is 0. The third kappa shape index (κ3) is 1.84. The predicted octanol–water partition coefficient (Wildman–Crippen LogP) is 3.34. The lowest BCUT2D eigenvalue weighted by atomic mass is 9.97. The van der Waals surface area contributed by atoms with E-state index in [1.807, 2.05) is 20.8 Å². The van der Waals surface area contributed by atoms with E-state index in [1.165, 1.54) is 6.07 Å². The van der Waals surface area contributed by atoms with Crippen molar-refractivity contribution in [3.63, 3.8) is 0 Å². The number of aryl methyl sites for hydroxylation is 3. The molecule has 0 saturated heterocycles. The van der Waals surface area contributed by atoms with Crippen molar-refractivity contribution in [3.8, 4) is 0 Å². The zero-order chi connectivity index (χ0) is 13.7. The van der Waals surface area contributed by atoms with Crippen molar-refractivity contribution in [1.82, 2.24) is 0 Å². The second kappa shape index (κ2) is 4.96. The van der Waals surface area contributed by atoms with E-state index >= 15 is 0 Å². The molecule has 0 saturated carbocycles. The van der Waals surface area contributed by atoms with Crippen LogP contribution in [0.15, 0.2) is 26.0 Å². The third-order valence-electron chi connectivity index (χ3n) is 3.68. The molecule has 0 spiro atoms. The van der Waals surface area contributed by atoms with Gasteiger partial charge in [0.25, 0.3) is 0 Å². The van der Waals surface area contributed by atoms with Gasteiger partial charge in [-0.15, -0.1) is 12.4 Å². The van der Waals surface area contributed by atoms with Gasteiger partial charge in [0.2, 0.25) is 0 Å². The highest BCUT2D eigenvalue weighted by atomic mass is 35.5. The lowest BCUT2D eigenvalue weighted by Crippen LogP contribution is -2.01. The van der Waals surface area contributed by atoms with Crippen LogP contribution in [0, 0.1) is 20.8 Å². The SMILES string of the molecule is Cc1c2oc(=O)cc(C)c2c(C)c2c(CN)coc12.Cl. The van der Waals surface area contributed by atoms with Gasteiger partial charge in [-0.25, -0.2) is 4.79 Å². The molecule has 20 heavy (non-hydrogen) atoms. The van der Waals surface area contributed by atoms with Crippen LogP contribution in [0.5, 0.6) is 0 Å². The van der Waals surface area contributed by atoms with Gasteiger partial charge in [0.1, 0.15) is 11.2 Å². The second-order valence-electron chi connectivity index (χ2n) is 4.87. The van der Waals surface area contributed by atoms with E-state index in [9.17, 15) is 4.79 Å². The van der Waals surface area contributed by atoms with Gasteiger partial charge in [-0.3, -0.25) is 0 Å². The Kier molecular flexibility index (Phi) is 3.63. The molecule has 5 heteroatoms. The molecular formula is C15H16ClNO3. The van der Waals surface area contributed by atoms with E-state index in [0.29, 0.717) is 12.1 Å². The van der Waals surface area contributed by atoms with Crippen LogP contribution >= 0.6 is 12.4 Å². The highest BCUT2D eigenvalue weighted by Crippen LogP contribution is 2.35. The molecule has 0 bridgehead atoms. The minimum atomic E-state index is -0.336. The number of halogens is 1. The maximum Gasteiger partial charge on any atom is 0.336 e. The van der Waals surface area contributed by atoms with Crippen molar-refractivity contribution in [2.24, 2.45) is 5.73 Å². The Labute approximate surface area is 122 Å². The molecule has 3 aromatic rings. The predicted molar refractivity (Wildman–Crippen MR) is 81.6 cm³/mol. The molecule has 106 valence electrons. The average molecular weight is 294 g/mol. The largest absolute Gasteiger partial charge is 0.464 e. The quantitative estimate of drug-likeness (QED) is 0.699. The molecule has 0 radical (unpaired) electrons. The van der Waals surface area contributed by atoms with Gasteiger partial charge >= 0.3 is 5.63 Å². The molecule has 2 heterocycles. The first-order chi connectivity index (χ1) is 9.04. The van der Waals surface area contributed by atoms with Crippen LogP contribution in [-0.2, 0) is 6.54 Å². The van der Waals surface area contributed by atoms with Crippen LogP contribution < -0.4 is 11.4 Å². The van der Waals surface area contributed by atoms with Gasteiger partial charge in [0, 0.05) is 34.5 Å². The topological polar surface area (TPSA) is 69.4 Å². The molecule has 2 N–H and O–H groups in total. The zero-order valence-corrected chi connectivity index (χ0v) is 12.4. The van der Waals surface area contributed by atoms with Crippen LogP contribution in [0.4, 0.5) is 0 Å². The van der Waals surface area contributed by atoms with Crippen LogP contribution in [-0.4, -0.2) is 0 Å². The van der Waals surface area contributed by atoms with Gasteiger partial charge in [-0.05, 0) is 31.9 Å². The molecule has 0 aliphatic rings. The van der Waals surface area contributed by atoms with E-state index in [1.54, 1.807) is 6.26 Å². The van der Waals surface area contributed by atoms with Gasteiger partial charge < -0.3 is 14.6 Å². The van der Waals surface area contributed by atoms with E-state index < -0.39 is 0 Å². The highest BCUT2D eigenvalue weighted by molar-refractivity contribution is 6.03. The summed E-state index contributed by atoms with van der Waals surface area (Å²) in [7, 11) is 0. The smallest absolute Gasteiger partial charge is 0.336 e. The van der Waals surface area contributed by atoms with Crippen molar-refractivity contribution in [2.45, 2.75) is 27.3 Å². The number of hydrogen-bond donors (Lipinski definition) is 1. The Hall–Kier alpha value is -1.78. The summed E-state index contributed by atoms with van der Waals surface area (Å²) in [4.78, 5) is 11.5. The van der Waals surface area contributed by atoms with E-state index in [2.05, 4.69) is 0 Å². The summed E-state index contributed by atoms with van der Waals surface area (Å²) in [5.41, 5.74) is 10.6. The van der Waals surface area contributed by atoms with Gasteiger partial charge in [-0.2, -0.15) is 0 Å². The molecule has 1 aromatic carbocycles. The van der Waals surface area contributed by atoms with E-state index in [0.717, 1.165) is 38.6 Å². The molecule has 4 nitrogen and oxygen atoms in total. The monoisotopic (exact) mass is 293 g/mol. The summed E-state index contributed by atoms with van der Waals surface area (Å²) in [6.45, 7) is 6.25. The number of furan rings is 1. The Morgan fingerprint density at radius 1 is 1.10 bits per heavy atom. The molecule has 0 aliphatic carbocycles. The molecule has 0 aliphatic heterocycles. The standard InChI is InChI=1S/C15H15NO3.ClH/c1-7-4-11(17)19-15-9(3)14-13(8(2)12(7)15)10(5-16)6-18-14;/h4,6H,5,16H2,1-3H3;1H. The highest BCUT2D eigenvalue weighted by Gasteiger charge is 2.18. The molecule has 2 aromatic heterocycles. The number of nitrogens with two attached hydrogens (primary N) is 1. The molecule has 0 fully saturated rings. The van der Waals surface area contributed by atoms with Crippen LogP contribution in [0.1, 0.15) is 22.3 Å². The molecular weight excluding hydrogens is 278 g/mol. The normalized spacial score (nSPS) is 11.0. The van der Waals surface area contributed by atoms with Crippen molar-refractivity contribution in [2.75, 3.05) is 0 Å². The number of benzene rings is 1. The molecule has 0 unspecified atom stereocenters. The van der Waals surface area contributed by atoms with Crippen molar-refractivity contribution in [1.29, 1.82) is 0 Å². The molecule has 0 atom stereocenters. The van der Waals surface area contributed by atoms with Gasteiger partial charge in [-0.1, -0.05) is 0 Å². The fourth-order valence-electron chi connectivity index (χ4n) is 2.80. The van der Waals surface area contributed by atoms with E-state index in [-0.39, 0.29) is 18.0 Å². The summed E-state index contributed by atoms with van der Waals surface area (Å²) >= 11 is 0. The van der Waals surface area contributed by atoms with Crippen LogP contribution in [0.2, 0.25) is 0 Å². The number of rotatable bonds is 1. The summed E-state index contributed by atoms with van der Waals surface area (Å²) in [6.07, 6.45) is 1.68. The van der Waals surface area contributed by atoms with Crippen LogP contribution in [0.25, 0.3) is 21.9 Å². The van der Waals surface area contributed by atoms with Crippen molar-refractivity contribution >= 4 is 34.3 Å². The number of hydrogen-bond acceptors (Lipinski definition) is 4. The Bertz CT molecular complexity index is 861. The van der Waals surface area contributed by atoms with Crippen molar-refractivity contribution in [3.05, 3.63) is 45.0 Å². The first-order valence-corrected chi connectivity index (χ1v) is 6.18. The first-order valence-electron chi connectivity index (χ1n) is 6.18. The lowest BCUT2D eigenvalue weighted by Gasteiger charge is -2.09. The summed E-state index contributed by atoms with van der Waals surface area (Å²) in [5, 5.41) is 2.00. The maximum absolute atomic E-state index is 11.5. The van der Waals surface area contributed by atoms with Gasteiger partial charge in [0.15, 0.2) is 0 Å². The Morgan fingerprint density at radius 3 is 2.45 bits per heavy atom. The maximum atomic E-state index is 11.5. The zero-order valence-electron chi connectivity index (χ0n) is 11.6. The molecule has 3 rings (SSSR count). The van der Waals surface area contributed by atoms with Gasteiger partial charge in [0.05, 0.1) is 6.26 Å². The fourth-order valence-corrected chi connectivity index (χ4v) is 2.80. The first kappa shape index (κ1) is 14.6. The summed E-state index contributed by atoms with van der Waals surface area (Å²) in [6, 6.07) is 1.52. The Morgan fingerprint density at radius 2 is 1.80 bits per heavy atom. The fraction of sp³-hybridized carbons (Fsp3) is 0.267.